The first kappa shape index (κ1) is 13.8. The number of hydrogen-bond donors (Lipinski definition) is 1. The first-order valence-corrected chi connectivity index (χ1v) is 6.57. The molecule has 1 aromatic heterocycles. The molecule has 0 aliphatic carbocycles. The number of nitrogens with one attached hydrogen (secondary N) is 1. The van der Waals surface area contributed by atoms with Crippen LogP contribution in [0.4, 0.5) is 5.69 Å². The van der Waals surface area contributed by atoms with E-state index < -0.39 is 0 Å². The normalized spacial score (nSPS) is 12.3. The third-order valence-electron chi connectivity index (χ3n) is 2.81. The number of nitrogens with zero attached hydrogens (tertiary/aromatic N) is 1. The second kappa shape index (κ2) is 5.99. The van der Waals surface area contributed by atoms with Gasteiger partial charge in [0.05, 0.1) is 17.2 Å². The predicted molar refractivity (Wildman–Crippen MR) is 74.8 cm³/mol. The Balaban J connectivity index is 2.10. The monoisotopic (exact) mass is 324 g/mol. The van der Waals surface area contributed by atoms with E-state index in [4.69, 9.17) is 4.42 Å². The lowest BCUT2D eigenvalue weighted by Gasteiger charge is -2.11. The van der Waals surface area contributed by atoms with E-state index in [1.165, 1.54) is 6.07 Å². The van der Waals surface area contributed by atoms with Gasteiger partial charge in [0.1, 0.15) is 5.76 Å². The highest BCUT2D eigenvalue weighted by atomic mass is 79.9. The molecule has 1 aromatic carbocycles. The van der Waals surface area contributed by atoms with E-state index in [1.807, 2.05) is 19.1 Å². The number of benzene rings is 1. The Kier molecular flexibility index (Phi) is 4.34. The van der Waals surface area contributed by atoms with Crippen LogP contribution in [0.25, 0.3) is 0 Å². The first-order valence-electron chi connectivity index (χ1n) is 5.77. The highest BCUT2D eigenvalue weighted by Crippen LogP contribution is 2.24. The maximum absolute atomic E-state index is 11.0. The van der Waals surface area contributed by atoms with Crippen molar-refractivity contribution in [2.24, 2.45) is 0 Å². The van der Waals surface area contributed by atoms with Gasteiger partial charge < -0.3 is 9.73 Å². The molecule has 1 heterocycles. The summed E-state index contributed by atoms with van der Waals surface area (Å²) in [4.78, 5) is 10.6. The third-order valence-corrected chi connectivity index (χ3v) is 3.30. The van der Waals surface area contributed by atoms with Crippen molar-refractivity contribution < 1.29 is 9.34 Å². The van der Waals surface area contributed by atoms with Gasteiger partial charge in [-0.3, -0.25) is 10.1 Å². The summed E-state index contributed by atoms with van der Waals surface area (Å²) in [6.45, 7) is 2.35. The van der Waals surface area contributed by atoms with Crippen molar-refractivity contribution in [3.8, 4) is 0 Å². The highest BCUT2D eigenvalue weighted by molar-refractivity contribution is 9.10. The van der Waals surface area contributed by atoms with Gasteiger partial charge in [-0.2, -0.15) is 0 Å². The van der Waals surface area contributed by atoms with Crippen molar-refractivity contribution in [2.75, 3.05) is 0 Å². The Hall–Kier alpha value is -1.66. The van der Waals surface area contributed by atoms with Crippen LogP contribution in [-0.4, -0.2) is 4.92 Å². The minimum Gasteiger partial charge on any atom is -0.468 e. The molecule has 0 fully saturated rings. The van der Waals surface area contributed by atoms with Crippen LogP contribution in [0.3, 0.4) is 0 Å². The van der Waals surface area contributed by atoms with E-state index in [1.54, 1.807) is 18.4 Å². The number of hydrogen-bond acceptors (Lipinski definition) is 4. The Morgan fingerprint density at radius 2 is 2.26 bits per heavy atom. The molecule has 1 atom stereocenters. The quantitative estimate of drug-likeness (QED) is 0.670. The fraction of sp³-hybridized carbons (Fsp3) is 0.231. The van der Waals surface area contributed by atoms with Gasteiger partial charge in [0.15, 0.2) is 0 Å². The number of halogens is 1. The minimum absolute atomic E-state index is 0.00594. The molecule has 0 aliphatic heterocycles. The average molecular weight is 325 g/mol. The van der Waals surface area contributed by atoms with Crippen LogP contribution in [-0.2, 0) is 6.54 Å². The predicted octanol–water partition coefficient (Wildman–Crippen LogP) is 3.80. The minimum atomic E-state index is -0.374. The van der Waals surface area contributed by atoms with Gasteiger partial charge in [-0.25, -0.2) is 0 Å². The highest BCUT2D eigenvalue weighted by Gasteiger charge is 2.15. The van der Waals surface area contributed by atoms with Crippen LogP contribution < -0.4 is 5.32 Å². The maximum Gasteiger partial charge on any atom is 0.273 e. The fourth-order valence-corrected chi connectivity index (χ4v) is 2.18. The molecule has 19 heavy (non-hydrogen) atoms. The molecule has 0 saturated heterocycles. The van der Waals surface area contributed by atoms with E-state index in [-0.39, 0.29) is 16.7 Å². The topological polar surface area (TPSA) is 68.3 Å². The summed E-state index contributed by atoms with van der Waals surface area (Å²) in [6.07, 6.45) is 1.61. The standard InChI is InChI=1S/C13H13BrN2O3/c1-9(13-3-2-6-19-13)15-8-10-7-11(14)4-5-12(10)16(17)18/h2-7,9,15H,8H2,1H3/t9-/m0/s1. The Morgan fingerprint density at radius 1 is 1.47 bits per heavy atom. The van der Waals surface area contributed by atoms with Gasteiger partial charge in [0.25, 0.3) is 5.69 Å². The van der Waals surface area contributed by atoms with Crippen LogP contribution in [0.15, 0.2) is 45.5 Å². The molecule has 0 spiro atoms. The molecule has 0 aliphatic rings. The molecule has 1 N–H and O–H groups in total. The van der Waals surface area contributed by atoms with Crippen molar-refractivity contribution in [3.63, 3.8) is 0 Å². The zero-order chi connectivity index (χ0) is 13.8. The van der Waals surface area contributed by atoms with Crippen LogP contribution >= 0.6 is 15.9 Å². The van der Waals surface area contributed by atoms with E-state index in [9.17, 15) is 10.1 Å². The van der Waals surface area contributed by atoms with Crippen molar-refractivity contribution in [1.82, 2.24) is 5.32 Å². The molecule has 5 nitrogen and oxygen atoms in total. The lowest BCUT2D eigenvalue weighted by Crippen LogP contribution is -2.18. The van der Waals surface area contributed by atoms with Gasteiger partial charge in [-0.15, -0.1) is 0 Å². The van der Waals surface area contributed by atoms with E-state index in [2.05, 4.69) is 21.2 Å². The molecule has 0 radical (unpaired) electrons. The average Bonchev–Trinajstić information content (AvgIpc) is 2.89. The summed E-state index contributed by atoms with van der Waals surface area (Å²) < 4.78 is 6.10. The number of nitro benzene ring substituents is 1. The second-order valence-corrected chi connectivity index (χ2v) is 5.06. The molecular formula is C13H13BrN2O3. The van der Waals surface area contributed by atoms with Crippen LogP contribution in [0, 0.1) is 10.1 Å². The van der Waals surface area contributed by atoms with Crippen molar-refractivity contribution in [2.45, 2.75) is 19.5 Å². The summed E-state index contributed by atoms with van der Waals surface area (Å²) >= 11 is 3.32. The lowest BCUT2D eigenvalue weighted by molar-refractivity contribution is -0.385. The molecule has 0 bridgehead atoms. The maximum atomic E-state index is 11.0. The van der Waals surface area contributed by atoms with Gasteiger partial charge in [0, 0.05) is 22.6 Å². The Labute approximate surface area is 118 Å². The van der Waals surface area contributed by atoms with Crippen LogP contribution in [0.2, 0.25) is 0 Å². The third kappa shape index (κ3) is 3.42. The zero-order valence-corrected chi connectivity index (χ0v) is 11.9. The Bertz CT molecular complexity index is 569. The summed E-state index contributed by atoms with van der Waals surface area (Å²) in [5.74, 6) is 0.803. The molecule has 6 heteroatoms. The number of nitro groups is 1. The second-order valence-electron chi connectivity index (χ2n) is 4.15. The molecule has 0 unspecified atom stereocenters. The van der Waals surface area contributed by atoms with E-state index in [0.717, 1.165) is 10.2 Å². The first-order chi connectivity index (χ1) is 9.08. The molecule has 0 amide bonds. The SMILES string of the molecule is C[C@H](NCc1cc(Br)ccc1[N+](=O)[O-])c1ccco1. The molecular weight excluding hydrogens is 312 g/mol. The smallest absolute Gasteiger partial charge is 0.273 e. The fourth-order valence-electron chi connectivity index (χ4n) is 1.78. The lowest BCUT2D eigenvalue weighted by atomic mass is 10.1. The van der Waals surface area contributed by atoms with Gasteiger partial charge >= 0.3 is 0 Å². The van der Waals surface area contributed by atoms with E-state index in [0.29, 0.717) is 12.1 Å². The number of furan rings is 1. The van der Waals surface area contributed by atoms with E-state index >= 15 is 0 Å². The largest absolute Gasteiger partial charge is 0.468 e. The van der Waals surface area contributed by atoms with Crippen molar-refractivity contribution in [3.05, 3.63) is 62.5 Å². The number of rotatable bonds is 5. The van der Waals surface area contributed by atoms with Crippen molar-refractivity contribution in [1.29, 1.82) is 0 Å². The summed E-state index contributed by atoms with van der Waals surface area (Å²) in [5.41, 5.74) is 0.750. The molecule has 0 saturated carbocycles. The summed E-state index contributed by atoms with van der Waals surface area (Å²) in [5, 5.41) is 14.2. The Morgan fingerprint density at radius 3 is 2.89 bits per heavy atom. The summed E-state index contributed by atoms with van der Waals surface area (Å²) in [6, 6.07) is 8.59. The van der Waals surface area contributed by atoms with Gasteiger partial charge in [-0.1, -0.05) is 15.9 Å². The van der Waals surface area contributed by atoms with Gasteiger partial charge in [0.2, 0.25) is 0 Å². The van der Waals surface area contributed by atoms with Crippen molar-refractivity contribution >= 4 is 21.6 Å². The molecule has 2 aromatic rings. The van der Waals surface area contributed by atoms with Crippen LogP contribution in [0.1, 0.15) is 24.3 Å². The van der Waals surface area contributed by atoms with Gasteiger partial charge in [-0.05, 0) is 31.2 Å². The molecule has 100 valence electrons. The molecule has 2 rings (SSSR count). The van der Waals surface area contributed by atoms with Crippen LogP contribution in [0.5, 0.6) is 0 Å². The zero-order valence-electron chi connectivity index (χ0n) is 10.3. The summed E-state index contributed by atoms with van der Waals surface area (Å²) in [7, 11) is 0.